The summed E-state index contributed by atoms with van der Waals surface area (Å²) >= 11 is 0. The molecule has 0 radical (unpaired) electrons. The summed E-state index contributed by atoms with van der Waals surface area (Å²) in [6.45, 7) is 0.206. The van der Waals surface area contributed by atoms with Crippen molar-refractivity contribution in [2.75, 3.05) is 12.8 Å². The summed E-state index contributed by atoms with van der Waals surface area (Å²) in [5.74, 6) is -2.02. The number of carboxylic acid groups (broad SMARTS) is 1. The van der Waals surface area contributed by atoms with Crippen molar-refractivity contribution in [2.45, 2.75) is 25.4 Å². The van der Waals surface area contributed by atoms with Gasteiger partial charge in [-0.15, -0.1) is 0 Å². The second-order valence-corrected chi connectivity index (χ2v) is 5.17. The number of nitrogens with zero attached hydrogens (tertiary/aromatic N) is 2. The third-order valence-corrected chi connectivity index (χ3v) is 3.77. The van der Waals surface area contributed by atoms with Gasteiger partial charge in [0.25, 0.3) is 5.91 Å². The predicted octanol–water partition coefficient (Wildman–Crippen LogP) is -0.210. The average Bonchev–Trinajstić information content (AvgIpc) is 2.77. The highest BCUT2D eigenvalue weighted by Gasteiger charge is 2.36. The van der Waals surface area contributed by atoms with Crippen LogP contribution in [0.5, 0.6) is 0 Å². The van der Waals surface area contributed by atoms with Gasteiger partial charge in [0, 0.05) is 30.3 Å². The van der Waals surface area contributed by atoms with Gasteiger partial charge in [0.1, 0.15) is 6.04 Å². The van der Waals surface area contributed by atoms with E-state index in [1.807, 2.05) is 0 Å². The molecule has 0 aromatic heterocycles. The second-order valence-electron chi connectivity index (χ2n) is 5.17. The zero-order valence-corrected chi connectivity index (χ0v) is 12.2. The van der Waals surface area contributed by atoms with E-state index in [4.69, 9.17) is 11.5 Å². The first kappa shape index (κ1) is 15.8. The van der Waals surface area contributed by atoms with Crippen LogP contribution in [0.3, 0.4) is 0 Å². The normalized spacial score (nSPS) is 15.0. The number of benzene rings is 1. The standard InChI is InChI=1S/C14H18N4O4/c1-17(11(14(21)22)5-6-12(16)19)18-7-9-8(13(18)20)3-2-4-10(9)15/h2-4,11H,5-7,15H2,1H3,(H2,16,19)(H,21,22)/t11-/m0/s1. The van der Waals surface area contributed by atoms with Gasteiger partial charge in [-0.05, 0) is 18.6 Å². The van der Waals surface area contributed by atoms with Gasteiger partial charge in [-0.1, -0.05) is 6.07 Å². The lowest BCUT2D eigenvalue weighted by molar-refractivity contribution is -0.149. The Balaban J connectivity index is 2.21. The van der Waals surface area contributed by atoms with E-state index in [-0.39, 0.29) is 25.3 Å². The van der Waals surface area contributed by atoms with Crippen molar-refractivity contribution in [2.24, 2.45) is 5.73 Å². The summed E-state index contributed by atoms with van der Waals surface area (Å²) in [5.41, 5.74) is 12.6. The molecule has 8 heteroatoms. The first-order valence-electron chi connectivity index (χ1n) is 6.76. The van der Waals surface area contributed by atoms with Crippen LogP contribution in [0.2, 0.25) is 0 Å². The van der Waals surface area contributed by atoms with Crippen molar-refractivity contribution in [1.29, 1.82) is 0 Å². The lowest BCUT2D eigenvalue weighted by Gasteiger charge is -2.32. The molecule has 0 saturated carbocycles. The minimum Gasteiger partial charge on any atom is -0.480 e. The molecule has 1 aliphatic heterocycles. The van der Waals surface area contributed by atoms with Crippen molar-refractivity contribution >= 4 is 23.5 Å². The van der Waals surface area contributed by atoms with Crippen LogP contribution in [0.4, 0.5) is 5.69 Å². The van der Waals surface area contributed by atoms with E-state index in [1.165, 1.54) is 17.1 Å². The van der Waals surface area contributed by atoms with Gasteiger partial charge in [-0.2, -0.15) is 0 Å². The lowest BCUT2D eigenvalue weighted by atomic mass is 10.1. The van der Waals surface area contributed by atoms with E-state index >= 15 is 0 Å². The molecule has 2 amide bonds. The molecule has 1 aliphatic rings. The molecule has 1 aromatic rings. The summed E-state index contributed by atoms with van der Waals surface area (Å²) in [7, 11) is 1.50. The first-order valence-corrected chi connectivity index (χ1v) is 6.76. The second kappa shape index (κ2) is 6.02. The van der Waals surface area contributed by atoms with Crippen molar-refractivity contribution < 1.29 is 19.5 Å². The molecular formula is C14H18N4O4. The van der Waals surface area contributed by atoms with E-state index in [0.29, 0.717) is 16.8 Å². The van der Waals surface area contributed by atoms with Crippen LogP contribution in [0, 0.1) is 0 Å². The van der Waals surface area contributed by atoms with E-state index < -0.39 is 17.9 Å². The Bertz CT molecular complexity index is 631. The highest BCUT2D eigenvalue weighted by atomic mass is 16.4. The van der Waals surface area contributed by atoms with Crippen LogP contribution in [-0.2, 0) is 16.1 Å². The Morgan fingerprint density at radius 3 is 2.68 bits per heavy atom. The largest absolute Gasteiger partial charge is 0.480 e. The Morgan fingerprint density at radius 1 is 1.45 bits per heavy atom. The summed E-state index contributed by atoms with van der Waals surface area (Å²) in [6, 6.07) is 4.00. The van der Waals surface area contributed by atoms with Crippen molar-refractivity contribution in [1.82, 2.24) is 10.0 Å². The molecule has 22 heavy (non-hydrogen) atoms. The maximum atomic E-state index is 12.4. The number of likely N-dealkylation sites (N-methyl/N-ethyl adjacent to an activating group) is 1. The third kappa shape index (κ3) is 2.86. The number of carbonyl (C=O) groups excluding carboxylic acids is 2. The molecule has 2 rings (SSSR count). The lowest BCUT2D eigenvalue weighted by Crippen LogP contribution is -2.50. The van der Waals surface area contributed by atoms with E-state index in [1.54, 1.807) is 18.2 Å². The summed E-state index contributed by atoms with van der Waals surface area (Å²) in [4.78, 5) is 34.7. The molecule has 0 bridgehead atoms. The van der Waals surface area contributed by atoms with Gasteiger partial charge in [0.2, 0.25) is 5.91 Å². The molecule has 0 unspecified atom stereocenters. The number of anilines is 1. The molecule has 0 saturated heterocycles. The number of carboxylic acids is 1. The molecule has 1 atom stereocenters. The van der Waals surface area contributed by atoms with Gasteiger partial charge in [-0.3, -0.25) is 19.4 Å². The fourth-order valence-corrected chi connectivity index (χ4v) is 2.51. The van der Waals surface area contributed by atoms with Crippen LogP contribution in [-0.4, -0.2) is 46.0 Å². The average molecular weight is 306 g/mol. The van der Waals surface area contributed by atoms with Crippen LogP contribution >= 0.6 is 0 Å². The van der Waals surface area contributed by atoms with Gasteiger partial charge >= 0.3 is 5.97 Å². The minimum absolute atomic E-state index is 0.0246. The number of hydrogen-bond acceptors (Lipinski definition) is 5. The zero-order chi connectivity index (χ0) is 16.4. The molecule has 1 aromatic carbocycles. The zero-order valence-electron chi connectivity index (χ0n) is 12.2. The summed E-state index contributed by atoms with van der Waals surface area (Å²) in [5, 5.41) is 12.0. The Morgan fingerprint density at radius 2 is 2.14 bits per heavy atom. The fraction of sp³-hybridized carbons (Fsp3) is 0.357. The maximum Gasteiger partial charge on any atom is 0.322 e. The van der Waals surface area contributed by atoms with E-state index in [0.717, 1.165) is 0 Å². The van der Waals surface area contributed by atoms with Gasteiger partial charge < -0.3 is 16.6 Å². The Labute approximate surface area is 127 Å². The molecule has 0 aliphatic carbocycles. The topological polar surface area (TPSA) is 130 Å². The number of amides is 2. The first-order chi connectivity index (χ1) is 10.3. The highest BCUT2D eigenvalue weighted by Crippen LogP contribution is 2.29. The molecule has 0 fully saturated rings. The van der Waals surface area contributed by atoms with E-state index in [2.05, 4.69) is 0 Å². The Hall–Kier alpha value is -2.61. The quantitative estimate of drug-likeness (QED) is 0.623. The third-order valence-electron chi connectivity index (χ3n) is 3.77. The maximum absolute atomic E-state index is 12.4. The molecule has 5 N–H and O–H groups in total. The Kier molecular flexibility index (Phi) is 4.32. The molecular weight excluding hydrogens is 288 g/mol. The number of carbonyl (C=O) groups is 3. The number of nitrogen functional groups attached to an aromatic ring is 1. The molecule has 0 spiro atoms. The van der Waals surface area contributed by atoms with Crippen LogP contribution in [0.15, 0.2) is 18.2 Å². The molecule has 1 heterocycles. The van der Waals surface area contributed by atoms with E-state index in [9.17, 15) is 19.5 Å². The van der Waals surface area contributed by atoms with Crippen molar-refractivity contribution in [3.05, 3.63) is 29.3 Å². The van der Waals surface area contributed by atoms with Crippen LogP contribution in [0.1, 0.15) is 28.8 Å². The molecule has 8 nitrogen and oxygen atoms in total. The van der Waals surface area contributed by atoms with Crippen molar-refractivity contribution in [3.8, 4) is 0 Å². The number of fused-ring (bicyclic) bond motifs is 1. The fourth-order valence-electron chi connectivity index (χ4n) is 2.51. The summed E-state index contributed by atoms with van der Waals surface area (Å²) in [6.07, 6.45) is -0.0464. The number of aliphatic carboxylic acids is 1. The number of nitrogens with two attached hydrogens (primary N) is 2. The SMILES string of the molecule is CN([C@@H](CCC(N)=O)C(=O)O)N1Cc2c(N)cccc2C1=O. The summed E-state index contributed by atoms with van der Waals surface area (Å²) < 4.78 is 0. The minimum atomic E-state index is -1.12. The van der Waals surface area contributed by atoms with Crippen LogP contribution in [0.25, 0.3) is 0 Å². The molecule has 118 valence electrons. The predicted molar refractivity (Wildman–Crippen MR) is 78.3 cm³/mol. The van der Waals surface area contributed by atoms with Gasteiger partial charge in [0.05, 0.1) is 6.54 Å². The van der Waals surface area contributed by atoms with Crippen molar-refractivity contribution in [3.63, 3.8) is 0 Å². The van der Waals surface area contributed by atoms with Gasteiger partial charge in [0.15, 0.2) is 0 Å². The highest BCUT2D eigenvalue weighted by molar-refractivity contribution is 5.99. The van der Waals surface area contributed by atoms with Gasteiger partial charge in [-0.25, -0.2) is 5.01 Å². The smallest absolute Gasteiger partial charge is 0.322 e. The number of hydrogen-bond donors (Lipinski definition) is 3. The monoisotopic (exact) mass is 306 g/mol. The number of hydrazine groups is 1. The number of rotatable bonds is 6. The van der Waals surface area contributed by atoms with Crippen LogP contribution < -0.4 is 11.5 Å². The number of primary amides is 1.